The fraction of sp³-hybridized carbons (Fsp3) is 0.625. The van der Waals surface area contributed by atoms with E-state index >= 15 is 0 Å². The normalized spacial score (nSPS) is 10.4. The lowest BCUT2D eigenvalue weighted by Crippen LogP contribution is -2.18. The first-order valence-corrected chi connectivity index (χ1v) is 7.13. The Labute approximate surface area is 113 Å². The van der Waals surface area contributed by atoms with Gasteiger partial charge < -0.3 is 9.80 Å². The molecule has 0 fully saturated rings. The second-order valence-electron chi connectivity index (χ2n) is 5.25. The number of benzene rings is 1. The third-order valence-electron chi connectivity index (χ3n) is 3.40. The molecular formula is C16H28N2. The summed E-state index contributed by atoms with van der Waals surface area (Å²) < 4.78 is 0. The maximum atomic E-state index is 2.35. The highest BCUT2D eigenvalue weighted by Crippen LogP contribution is 2.19. The van der Waals surface area contributed by atoms with Crippen LogP contribution in [0.5, 0.6) is 0 Å². The van der Waals surface area contributed by atoms with Crippen molar-refractivity contribution in [2.24, 2.45) is 0 Å². The Balaban J connectivity index is 2.34. The lowest BCUT2D eigenvalue weighted by atomic mass is 10.1. The molecule has 0 aliphatic rings. The van der Waals surface area contributed by atoms with Crippen LogP contribution in [-0.2, 0) is 0 Å². The van der Waals surface area contributed by atoms with Gasteiger partial charge in [0.1, 0.15) is 0 Å². The molecule has 0 spiro atoms. The first kappa shape index (κ1) is 14.9. The van der Waals surface area contributed by atoms with Crippen molar-refractivity contribution in [2.75, 3.05) is 37.5 Å². The van der Waals surface area contributed by atoms with E-state index in [0.29, 0.717) is 0 Å². The highest BCUT2D eigenvalue weighted by atomic mass is 15.1. The molecule has 1 aromatic rings. The average Bonchev–Trinajstić information content (AvgIpc) is 2.38. The van der Waals surface area contributed by atoms with Gasteiger partial charge in [-0.05, 0) is 30.7 Å². The molecule has 102 valence electrons. The van der Waals surface area contributed by atoms with Crippen LogP contribution < -0.4 is 9.80 Å². The molecule has 2 heteroatoms. The Hall–Kier alpha value is -1.18. The van der Waals surface area contributed by atoms with Crippen molar-refractivity contribution < 1.29 is 0 Å². The first-order valence-electron chi connectivity index (χ1n) is 7.13. The van der Waals surface area contributed by atoms with Crippen molar-refractivity contribution in [3.63, 3.8) is 0 Å². The molecule has 0 saturated carbocycles. The van der Waals surface area contributed by atoms with Gasteiger partial charge in [0, 0.05) is 39.1 Å². The zero-order valence-corrected chi connectivity index (χ0v) is 12.4. The van der Waals surface area contributed by atoms with Gasteiger partial charge in [0.15, 0.2) is 0 Å². The predicted molar refractivity (Wildman–Crippen MR) is 82.8 cm³/mol. The summed E-state index contributed by atoms with van der Waals surface area (Å²) in [7, 11) is 6.34. The number of nitrogens with zero attached hydrogens (tertiary/aromatic N) is 2. The summed E-state index contributed by atoms with van der Waals surface area (Å²) in [5.41, 5.74) is 2.58. The molecule has 18 heavy (non-hydrogen) atoms. The number of rotatable bonds is 8. The molecule has 0 saturated heterocycles. The molecule has 2 nitrogen and oxygen atoms in total. The molecule has 0 aliphatic heterocycles. The summed E-state index contributed by atoms with van der Waals surface area (Å²) in [6.45, 7) is 3.42. The van der Waals surface area contributed by atoms with Crippen LogP contribution in [0.25, 0.3) is 0 Å². The van der Waals surface area contributed by atoms with E-state index in [9.17, 15) is 0 Å². The van der Waals surface area contributed by atoms with E-state index in [1.54, 1.807) is 0 Å². The monoisotopic (exact) mass is 248 g/mol. The minimum atomic E-state index is 1.16. The lowest BCUT2D eigenvalue weighted by Gasteiger charge is -2.20. The predicted octanol–water partition coefficient (Wildman–Crippen LogP) is 4.16. The van der Waals surface area contributed by atoms with Crippen LogP contribution in [-0.4, -0.2) is 27.7 Å². The second kappa shape index (κ2) is 8.02. The van der Waals surface area contributed by atoms with Crippen molar-refractivity contribution in [2.45, 2.75) is 39.0 Å². The molecule has 0 heterocycles. The van der Waals surface area contributed by atoms with Crippen molar-refractivity contribution >= 4 is 11.4 Å². The van der Waals surface area contributed by atoms with Crippen LogP contribution in [0.2, 0.25) is 0 Å². The molecule has 0 unspecified atom stereocenters. The summed E-state index contributed by atoms with van der Waals surface area (Å²) in [5.74, 6) is 0. The molecule has 0 aromatic heterocycles. The molecule has 1 rings (SSSR count). The van der Waals surface area contributed by atoms with Gasteiger partial charge in [-0.2, -0.15) is 0 Å². The fourth-order valence-corrected chi connectivity index (χ4v) is 2.09. The van der Waals surface area contributed by atoms with Gasteiger partial charge in [-0.3, -0.25) is 0 Å². The standard InChI is InChI=1S/C16H28N2/c1-5-6-7-8-9-14-18(4)16-12-10-15(11-13-16)17(2)3/h10-13H,5-9,14H2,1-4H3. The minimum absolute atomic E-state index is 1.16. The van der Waals surface area contributed by atoms with Crippen LogP contribution in [0, 0.1) is 0 Å². The topological polar surface area (TPSA) is 6.48 Å². The number of hydrogen-bond donors (Lipinski definition) is 0. The quantitative estimate of drug-likeness (QED) is 0.637. The number of anilines is 2. The largest absolute Gasteiger partial charge is 0.378 e. The summed E-state index contributed by atoms with van der Waals surface area (Å²) >= 11 is 0. The highest BCUT2D eigenvalue weighted by molar-refractivity contribution is 5.55. The third kappa shape index (κ3) is 4.99. The number of unbranched alkanes of at least 4 members (excludes halogenated alkanes) is 4. The summed E-state index contributed by atoms with van der Waals surface area (Å²) in [4.78, 5) is 4.49. The maximum Gasteiger partial charge on any atom is 0.0365 e. The van der Waals surface area contributed by atoms with E-state index in [1.807, 2.05) is 0 Å². The summed E-state index contributed by atoms with van der Waals surface area (Å²) in [5, 5.41) is 0. The van der Waals surface area contributed by atoms with Crippen molar-refractivity contribution in [3.05, 3.63) is 24.3 Å². The Morgan fingerprint density at radius 3 is 1.89 bits per heavy atom. The van der Waals surface area contributed by atoms with Gasteiger partial charge >= 0.3 is 0 Å². The molecule has 0 amide bonds. The van der Waals surface area contributed by atoms with Crippen LogP contribution in [0.3, 0.4) is 0 Å². The van der Waals surface area contributed by atoms with Gasteiger partial charge in [-0.1, -0.05) is 32.6 Å². The SMILES string of the molecule is CCCCCCCN(C)c1ccc(N(C)C)cc1. The van der Waals surface area contributed by atoms with Gasteiger partial charge in [0.05, 0.1) is 0 Å². The summed E-state index contributed by atoms with van der Waals surface area (Å²) in [6.07, 6.45) is 6.73. The van der Waals surface area contributed by atoms with Gasteiger partial charge in [0.2, 0.25) is 0 Å². The van der Waals surface area contributed by atoms with Crippen molar-refractivity contribution in [1.29, 1.82) is 0 Å². The molecule has 0 aliphatic carbocycles. The van der Waals surface area contributed by atoms with Gasteiger partial charge in [-0.15, -0.1) is 0 Å². The van der Waals surface area contributed by atoms with Gasteiger partial charge in [0.25, 0.3) is 0 Å². The van der Waals surface area contributed by atoms with Crippen LogP contribution >= 0.6 is 0 Å². The molecule has 0 atom stereocenters. The van der Waals surface area contributed by atoms with Crippen molar-refractivity contribution in [3.8, 4) is 0 Å². The molecule has 0 radical (unpaired) electrons. The smallest absolute Gasteiger partial charge is 0.0365 e. The van der Waals surface area contributed by atoms with E-state index < -0.39 is 0 Å². The van der Waals surface area contributed by atoms with Gasteiger partial charge in [-0.25, -0.2) is 0 Å². The molecule has 0 N–H and O–H groups in total. The lowest BCUT2D eigenvalue weighted by molar-refractivity contribution is 0.629. The fourth-order valence-electron chi connectivity index (χ4n) is 2.09. The molecule has 1 aromatic carbocycles. The number of hydrogen-bond acceptors (Lipinski definition) is 2. The third-order valence-corrected chi connectivity index (χ3v) is 3.40. The molecular weight excluding hydrogens is 220 g/mol. The maximum absolute atomic E-state index is 2.35. The Bertz CT molecular complexity index is 316. The Morgan fingerprint density at radius 1 is 0.778 bits per heavy atom. The van der Waals surface area contributed by atoms with Crippen LogP contribution in [0.4, 0.5) is 11.4 Å². The zero-order chi connectivity index (χ0) is 13.4. The van der Waals surface area contributed by atoms with E-state index in [1.165, 1.54) is 43.5 Å². The second-order valence-corrected chi connectivity index (χ2v) is 5.25. The van der Waals surface area contributed by atoms with E-state index in [0.717, 1.165) is 6.54 Å². The summed E-state index contributed by atoms with van der Waals surface area (Å²) in [6, 6.07) is 8.79. The Kier molecular flexibility index (Phi) is 6.63. The first-order chi connectivity index (χ1) is 8.65. The van der Waals surface area contributed by atoms with E-state index in [-0.39, 0.29) is 0 Å². The van der Waals surface area contributed by atoms with E-state index in [4.69, 9.17) is 0 Å². The molecule has 0 bridgehead atoms. The zero-order valence-electron chi connectivity index (χ0n) is 12.4. The Morgan fingerprint density at radius 2 is 1.33 bits per heavy atom. The minimum Gasteiger partial charge on any atom is -0.378 e. The average molecular weight is 248 g/mol. The van der Waals surface area contributed by atoms with Crippen LogP contribution in [0.1, 0.15) is 39.0 Å². The van der Waals surface area contributed by atoms with E-state index in [2.05, 4.69) is 62.1 Å². The van der Waals surface area contributed by atoms with Crippen molar-refractivity contribution in [1.82, 2.24) is 0 Å². The van der Waals surface area contributed by atoms with Crippen LogP contribution in [0.15, 0.2) is 24.3 Å². The highest BCUT2D eigenvalue weighted by Gasteiger charge is 2.01.